The fourth-order valence-corrected chi connectivity index (χ4v) is 7.14. The van der Waals surface area contributed by atoms with Crippen LogP contribution in [0.25, 0.3) is 0 Å². The summed E-state index contributed by atoms with van der Waals surface area (Å²) < 4.78 is 5.94. The van der Waals surface area contributed by atoms with Crippen molar-refractivity contribution in [1.82, 2.24) is 0 Å². The van der Waals surface area contributed by atoms with Crippen LogP contribution in [0.3, 0.4) is 0 Å². The van der Waals surface area contributed by atoms with Gasteiger partial charge in [-0.1, -0.05) is 78.4 Å². The number of carbonyl (C=O) groups excluding carboxylic acids is 2. The number of unbranched alkanes of at least 4 members (excludes halogenated alkanes) is 6. The SMILES string of the molecule is CCCCCCCCCC(=O)O[C@@H]1[C@@H](C)[C@@]2(O)[C@@H](C=C(CO)C[C@]3(O)C(=O)C(C)=C[C@@H]23)C(C)(C)[C@]1(C)O. The van der Waals surface area contributed by atoms with Crippen molar-refractivity contribution in [1.29, 1.82) is 0 Å². The fraction of sp³-hybridized carbons (Fsp3) is 0.800. The van der Waals surface area contributed by atoms with Gasteiger partial charge in [0.25, 0.3) is 0 Å². The predicted octanol–water partition coefficient (Wildman–Crippen LogP) is 4.01. The molecule has 3 aliphatic carbocycles. The molecule has 1 fully saturated rings. The highest BCUT2D eigenvalue weighted by molar-refractivity contribution is 6.04. The molecule has 0 saturated heterocycles. The summed E-state index contributed by atoms with van der Waals surface area (Å²) in [7, 11) is 0. The monoisotopic (exact) mass is 520 g/mol. The molecule has 0 aromatic rings. The number of ketones is 1. The number of fused-ring (bicyclic) bond motifs is 3. The maximum atomic E-state index is 13.1. The Kier molecular flexibility index (Phi) is 8.85. The number of esters is 1. The number of ether oxygens (including phenoxy) is 1. The van der Waals surface area contributed by atoms with Crippen LogP contribution in [-0.4, -0.2) is 61.7 Å². The predicted molar refractivity (Wildman–Crippen MR) is 141 cm³/mol. The number of hydrogen-bond acceptors (Lipinski definition) is 7. The lowest BCUT2D eigenvalue weighted by molar-refractivity contribution is -0.284. The maximum Gasteiger partial charge on any atom is 0.306 e. The lowest BCUT2D eigenvalue weighted by atomic mass is 9.47. The van der Waals surface area contributed by atoms with E-state index in [2.05, 4.69) is 6.92 Å². The Morgan fingerprint density at radius 1 is 1.00 bits per heavy atom. The Morgan fingerprint density at radius 2 is 1.59 bits per heavy atom. The summed E-state index contributed by atoms with van der Waals surface area (Å²) in [5.41, 5.74) is -5.39. The molecule has 0 unspecified atom stereocenters. The molecule has 0 heterocycles. The van der Waals surface area contributed by atoms with Crippen LogP contribution in [0.2, 0.25) is 0 Å². The number of carbonyl (C=O) groups is 2. The Labute approximate surface area is 222 Å². The molecule has 0 spiro atoms. The molecule has 0 bridgehead atoms. The van der Waals surface area contributed by atoms with Crippen LogP contribution < -0.4 is 0 Å². The first-order chi connectivity index (χ1) is 17.2. The van der Waals surface area contributed by atoms with Gasteiger partial charge in [-0.3, -0.25) is 9.59 Å². The molecule has 0 aromatic heterocycles. The van der Waals surface area contributed by atoms with Gasteiger partial charge in [0.1, 0.15) is 17.3 Å². The molecule has 0 aromatic carbocycles. The van der Waals surface area contributed by atoms with Gasteiger partial charge in [0, 0.05) is 36.0 Å². The Bertz CT molecular complexity index is 932. The highest BCUT2D eigenvalue weighted by Gasteiger charge is 2.72. The van der Waals surface area contributed by atoms with E-state index >= 15 is 0 Å². The average molecular weight is 521 g/mol. The summed E-state index contributed by atoms with van der Waals surface area (Å²) in [4.78, 5) is 26.0. The summed E-state index contributed by atoms with van der Waals surface area (Å²) in [6.07, 6.45) is 9.88. The number of Topliss-reactive ketones (excluding diaryl/α,β-unsaturated/α-hetero) is 1. The molecule has 0 radical (unpaired) electrons. The van der Waals surface area contributed by atoms with Gasteiger partial charge in [-0.05, 0) is 31.4 Å². The number of rotatable bonds is 10. The highest BCUT2D eigenvalue weighted by atomic mass is 16.6. The van der Waals surface area contributed by atoms with E-state index in [1.807, 2.05) is 0 Å². The van der Waals surface area contributed by atoms with E-state index in [1.54, 1.807) is 46.8 Å². The van der Waals surface area contributed by atoms with E-state index in [1.165, 1.54) is 19.3 Å². The first-order valence-electron chi connectivity index (χ1n) is 14.1. The van der Waals surface area contributed by atoms with Crippen molar-refractivity contribution in [2.24, 2.45) is 23.2 Å². The van der Waals surface area contributed by atoms with Crippen molar-refractivity contribution >= 4 is 11.8 Å². The molecular weight excluding hydrogens is 472 g/mol. The van der Waals surface area contributed by atoms with E-state index in [-0.39, 0.29) is 19.4 Å². The minimum absolute atomic E-state index is 0.104. The number of aliphatic hydroxyl groups is 4. The van der Waals surface area contributed by atoms with Crippen LogP contribution in [0, 0.1) is 23.2 Å². The summed E-state index contributed by atoms with van der Waals surface area (Å²) in [6, 6.07) is 0. The molecule has 3 rings (SSSR count). The molecule has 0 amide bonds. The normalized spacial score (nSPS) is 38.8. The van der Waals surface area contributed by atoms with Crippen LogP contribution in [0.4, 0.5) is 0 Å². The summed E-state index contributed by atoms with van der Waals surface area (Å²) >= 11 is 0. The third-order valence-corrected chi connectivity index (χ3v) is 9.84. The van der Waals surface area contributed by atoms with Gasteiger partial charge in [-0.25, -0.2) is 0 Å². The van der Waals surface area contributed by atoms with Gasteiger partial charge in [-0.15, -0.1) is 0 Å². The Hall–Kier alpha value is -1.54. The molecule has 0 aliphatic heterocycles. The van der Waals surface area contributed by atoms with E-state index in [4.69, 9.17) is 4.74 Å². The second kappa shape index (κ2) is 10.9. The lowest BCUT2D eigenvalue weighted by Gasteiger charge is -2.63. The second-order valence-corrected chi connectivity index (χ2v) is 12.5. The summed E-state index contributed by atoms with van der Waals surface area (Å²) in [6.45, 7) is 10.4. The highest BCUT2D eigenvalue weighted by Crippen LogP contribution is 2.62. The third kappa shape index (κ3) is 4.97. The van der Waals surface area contributed by atoms with Crippen LogP contribution in [0.5, 0.6) is 0 Å². The number of aliphatic hydroxyl groups excluding tert-OH is 1. The van der Waals surface area contributed by atoms with Gasteiger partial charge >= 0.3 is 5.97 Å². The molecule has 7 heteroatoms. The minimum Gasteiger partial charge on any atom is -0.459 e. The standard InChI is InChI=1S/C30H48O7/c1-7-8-9-10-11-12-13-14-24(32)37-26-20(3)30(36)22(27(4,5)28(26,6)34)16-21(18-31)17-29(35)23(30)15-19(2)25(29)33/h15-16,20,22-23,26,31,34-36H,7-14,17-18H2,1-6H3/t20-,22+,23-,26-,28-,29-,30-/m1/s1. The van der Waals surface area contributed by atoms with Crippen LogP contribution in [0.15, 0.2) is 23.3 Å². The molecule has 7 atom stereocenters. The van der Waals surface area contributed by atoms with Crippen LogP contribution in [0.1, 0.15) is 99.3 Å². The first kappa shape index (κ1) is 30.0. The second-order valence-electron chi connectivity index (χ2n) is 12.5. The van der Waals surface area contributed by atoms with E-state index in [0.717, 1.165) is 19.3 Å². The summed E-state index contributed by atoms with van der Waals surface area (Å²) in [5, 5.41) is 46.1. The average Bonchev–Trinajstić information content (AvgIpc) is 3.00. The maximum absolute atomic E-state index is 13.1. The van der Waals surface area contributed by atoms with Gasteiger partial charge in [0.15, 0.2) is 5.78 Å². The fourth-order valence-electron chi connectivity index (χ4n) is 7.14. The van der Waals surface area contributed by atoms with Crippen molar-refractivity contribution in [3.05, 3.63) is 23.3 Å². The van der Waals surface area contributed by atoms with E-state index in [0.29, 0.717) is 17.6 Å². The molecule has 210 valence electrons. The topological polar surface area (TPSA) is 124 Å². The quantitative estimate of drug-likeness (QED) is 0.195. The Morgan fingerprint density at radius 3 is 2.19 bits per heavy atom. The summed E-state index contributed by atoms with van der Waals surface area (Å²) in [5.74, 6) is -3.40. The third-order valence-electron chi connectivity index (χ3n) is 9.84. The minimum atomic E-state index is -1.91. The zero-order valence-corrected chi connectivity index (χ0v) is 23.5. The molecule has 7 nitrogen and oxygen atoms in total. The van der Waals surface area contributed by atoms with Crippen molar-refractivity contribution < 1.29 is 34.8 Å². The van der Waals surface area contributed by atoms with E-state index < -0.39 is 57.8 Å². The molecule has 3 aliphatic rings. The van der Waals surface area contributed by atoms with Gasteiger partial charge in [0.2, 0.25) is 0 Å². The first-order valence-corrected chi connectivity index (χ1v) is 14.1. The van der Waals surface area contributed by atoms with Crippen LogP contribution in [-0.2, 0) is 14.3 Å². The zero-order chi connectivity index (χ0) is 27.8. The zero-order valence-electron chi connectivity index (χ0n) is 23.5. The van der Waals surface area contributed by atoms with Crippen LogP contribution >= 0.6 is 0 Å². The smallest absolute Gasteiger partial charge is 0.306 e. The van der Waals surface area contributed by atoms with Crippen molar-refractivity contribution in [3.8, 4) is 0 Å². The molecule has 37 heavy (non-hydrogen) atoms. The largest absolute Gasteiger partial charge is 0.459 e. The van der Waals surface area contributed by atoms with Crippen molar-refractivity contribution in [3.63, 3.8) is 0 Å². The molecular formula is C30H48O7. The van der Waals surface area contributed by atoms with Crippen molar-refractivity contribution in [2.75, 3.05) is 6.61 Å². The number of hydrogen-bond donors (Lipinski definition) is 4. The van der Waals surface area contributed by atoms with Gasteiger partial charge in [-0.2, -0.15) is 0 Å². The molecule has 1 saturated carbocycles. The Balaban J connectivity index is 1.90. The molecule has 4 N–H and O–H groups in total. The van der Waals surface area contributed by atoms with Gasteiger partial charge < -0.3 is 25.2 Å². The van der Waals surface area contributed by atoms with Gasteiger partial charge in [0.05, 0.1) is 12.2 Å². The lowest BCUT2D eigenvalue weighted by Crippen LogP contribution is -2.74. The van der Waals surface area contributed by atoms with E-state index in [9.17, 15) is 30.0 Å². The van der Waals surface area contributed by atoms with Crippen molar-refractivity contribution in [2.45, 2.75) is 122 Å².